The molecule has 0 radical (unpaired) electrons. The van der Waals surface area contributed by atoms with Crippen LogP contribution >= 0.6 is 0 Å². The first-order valence-electron chi connectivity index (χ1n) is 8.94. The molecule has 0 aliphatic rings. The van der Waals surface area contributed by atoms with E-state index in [-0.39, 0.29) is 0 Å². The van der Waals surface area contributed by atoms with Gasteiger partial charge in [-0.2, -0.15) is 9.61 Å². The number of aryl methyl sites for hydroxylation is 2. The predicted octanol–water partition coefficient (Wildman–Crippen LogP) is 3.41. The molecule has 138 valence electrons. The molecule has 0 spiro atoms. The normalized spacial score (nSPS) is 11.0. The highest BCUT2D eigenvalue weighted by molar-refractivity contribution is 5.78. The molecule has 0 unspecified atom stereocenters. The van der Waals surface area contributed by atoms with Gasteiger partial charge in [-0.05, 0) is 31.0 Å². The smallest absolute Gasteiger partial charge is 0.165 e. The van der Waals surface area contributed by atoms with E-state index < -0.39 is 0 Å². The van der Waals surface area contributed by atoms with Gasteiger partial charge in [-0.25, -0.2) is 9.97 Å². The van der Waals surface area contributed by atoms with Crippen molar-refractivity contribution in [3.05, 3.63) is 60.9 Å². The number of methoxy groups -OCH3 is 1. The molecule has 4 rings (SSSR count). The molecule has 0 atom stereocenters. The summed E-state index contributed by atoms with van der Waals surface area (Å²) in [6.07, 6.45) is 8.46. The lowest BCUT2D eigenvalue weighted by atomic mass is 10.1. The zero-order valence-corrected chi connectivity index (χ0v) is 15.5. The summed E-state index contributed by atoms with van der Waals surface area (Å²) in [4.78, 5) is 8.77. The minimum absolute atomic E-state index is 0.833. The number of rotatable bonds is 7. The minimum Gasteiger partial charge on any atom is -0.497 e. The number of imidazole rings is 1. The van der Waals surface area contributed by atoms with E-state index >= 15 is 0 Å². The highest BCUT2D eigenvalue weighted by Crippen LogP contribution is 2.27. The number of nitrogens with one attached hydrogen (secondary N) is 1. The number of anilines is 1. The molecule has 0 fully saturated rings. The predicted molar refractivity (Wildman–Crippen MR) is 105 cm³/mol. The summed E-state index contributed by atoms with van der Waals surface area (Å²) in [6, 6.07) is 9.97. The molecule has 1 N–H and O–H groups in total. The number of fused-ring (bicyclic) bond motifs is 1. The number of hydrogen-bond acceptors (Lipinski definition) is 5. The summed E-state index contributed by atoms with van der Waals surface area (Å²) in [6.45, 7) is 3.77. The van der Waals surface area contributed by atoms with Gasteiger partial charge in [0.05, 0.1) is 19.6 Å². The molecule has 0 aliphatic heterocycles. The van der Waals surface area contributed by atoms with Crippen LogP contribution in [0.25, 0.3) is 16.8 Å². The summed E-state index contributed by atoms with van der Waals surface area (Å²) >= 11 is 0. The largest absolute Gasteiger partial charge is 0.497 e. The van der Waals surface area contributed by atoms with Crippen LogP contribution in [0.15, 0.2) is 55.2 Å². The van der Waals surface area contributed by atoms with Gasteiger partial charge in [-0.3, -0.25) is 0 Å². The molecule has 0 bridgehead atoms. The highest BCUT2D eigenvalue weighted by Gasteiger charge is 2.12. The van der Waals surface area contributed by atoms with E-state index in [9.17, 15) is 0 Å². The summed E-state index contributed by atoms with van der Waals surface area (Å²) in [5, 5.41) is 8.03. The van der Waals surface area contributed by atoms with Crippen molar-refractivity contribution in [2.45, 2.75) is 19.9 Å². The van der Waals surface area contributed by atoms with Crippen LogP contribution in [-0.2, 0) is 6.54 Å². The van der Waals surface area contributed by atoms with Crippen molar-refractivity contribution in [1.82, 2.24) is 24.1 Å². The maximum Gasteiger partial charge on any atom is 0.165 e. The van der Waals surface area contributed by atoms with Crippen molar-refractivity contribution < 1.29 is 4.74 Å². The Bertz CT molecular complexity index is 1020. The third kappa shape index (κ3) is 3.62. The summed E-state index contributed by atoms with van der Waals surface area (Å²) in [7, 11) is 1.67. The monoisotopic (exact) mass is 362 g/mol. The van der Waals surface area contributed by atoms with E-state index in [1.807, 2.05) is 60.5 Å². The van der Waals surface area contributed by atoms with Gasteiger partial charge in [0.25, 0.3) is 0 Å². The van der Waals surface area contributed by atoms with E-state index in [0.717, 1.165) is 53.5 Å². The number of hydrogen-bond donors (Lipinski definition) is 1. The molecule has 4 aromatic rings. The molecule has 27 heavy (non-hydrogen) atoms. The van der Waals surface area contributed by atoms with E-state index in [0.29, 0.717) is 0 Å². The Morgan fingerprint density at radius 3 is 2.78 bits per heavy atom. The van der Waals surface area contributed by atoms with Crippen LogP contribution in [-0.4, -0.2) is 37.8 Å². The van der Waals surface area contributed by atoms with Gasteiger partial charge in [0.15, 0.2) is 5.65 Å². The molecule has 1 aromatic carbocycles. The van der Waals surface area contributed by atoms with E-state index in [1.54, 1.807) is 13.3 Å². The maximum absolute atomic E-state index is 5.24. The lowest BCUT2D eigenvalue weighted by Gasteiger charge is -2.10. The number of benzene rings is 1. The SMILES string of the molecule is COc1ccc(-c2cnn3c(NCCCn4ccnc4)cc(C)nc23)cc1. The maximum atomic E-state index is 5.24. The fourth-order valence-electron chi connectivity index (χ4n) is 3.08. The zero-order chi connectivity index (χ0) is 18.6. The minimum atomic E-state index is 0.833. The van der Waals surface area contributed by atoms with Gasteiger partial charge in [-0.1, -0.05) is 12.1 Å². The Kier molecular flexibility index (Phi) is 4.74. The van der Waals surface area contributed by atoms with Gasteiger partial charge in [0.1, 0.15) is 11.6 Å². The Balaban J connectivity index is 1.55. The van der Waals surface area contributed by atoms with Crippen LogP contribution < -0.4 is 10.1 Å². The first-order chi connectivity index (χ1) is 13.2. The third-order valence-corrected chi connectivity index (χ3v) is 4.46. The second-order valence-corrected chi connectivity index (χ2v) is 6.39. The van der Waals surface area contributed by atoms with Gasteiger partial charge in [-0.15, -0.1) is 0 Å². The van der Waals surface area contributed by atoms with Crippen molar-refractivity contribution in [3.63, 3.8) is 0 Å². The van der Waals surface area contributed by atoms with E-state index in [4.69, 9.17) is 9.72 Å². The third-order valence-electron chi connectivity index (χ3n) is 4.46. The molecule has 3 aromatic heterocycles. The Morgan fingerprint density at radius 1 is 1.19 bits per heavy atom. The topological polar surface area (TPSA) is 69.3 Å². The fraction of sp³-hybridized carbons (Fsp3) is 0.250. The first kappa shape index (κ1) is 17.1. The molecular weight excluding hydrogens is 340 g/mol. The average molecular weight is 362 g/mol. The van der Waals surface area contributed by atoms with Crippen molar-refractivity contribution in [3.8, 4) is 16.9 Å². The summed E-state index contributed by atoms with van der Waals surface area (Å²) < 4.78 is 9.18. The van der Waals surface area contributed by atoms with Gasteiger partial charge >= 0.3 is 0 Å². The van der Waals surface area contributed by atoms with Crippen molar-refractivity contribution in [1.29, 1.82) is 0 Å². The van der Waals surface area contributed by atoms with Gasteiger partial charge < -0.3 is 14.6 Å². The fourth-order valence-corrected chi connectivity index (χ4v) is 3.08. The average Bonchev–Trinajstić information content (AvgIpc) is 3.35. The first-order valence-corrected chi connectivity index (χ1v) is 8.94. The molecule has 0 saturated heterocycles. The molecular formula is C20H22N6O. The highest BCUT2D eigenvalue weighted by atomic mass is 16.5. The number of aromatic nitrogens is 5. The Morgan fingerprint density at radius 2 is 2.04 bits per heavy atom. The van der Waals surface area contributed by atoms with Crippen molar-refractivity contribution >= 4 is 11.5 Å². The molecule has 0 amide bonds. The summed E-state index contributed by atoms with van der Waals surface area (Å²) in [5.41, 5.74) is 3.87. The number of ether oxygens (including phenoxy) is 1. The van der Waals surface area contributed by atoms with E-state index in [2.05, 4.69) is 20.0 Å². The standard InChI is InChI=1S/C20H22N6O/c1-15-12-19(22-8-3-10-25-11-9-21-14-25)26-20(24-15)18(13-23-26)16-4-6-17(27-2)7-5-16/h4-7,9,11-14,22H,3,8,10H2,1-2H3. The lowest BCUT2D eigenvalue weighted by molar-refractivity contribution is 0.415. The van der Waals surface area contributed by atoms with Crippen LogP contribution in [0.5, 0.6) is 5.75 Å². The van der Waals surface area contributed by atoms with Crippen molar-refractivity contribution in [2.75, 3.05) is 19.0 Å². The second-order valence-electron chi connectivity index (χ2n) is 6.39. The van der Waals surface area contributed by atoms with Crippen LogP contribution in [0.3, 0.4) is 0 Å². The molecule has 3 heterocycles. The summed E-state index contributed by atoms with van der Waals surface area (Å²) in [5.74, 6) is 1.78. The Labute approximate surface area is 157 Å². The molecule has 7 heteroatoms. The molecule has 0 aliphatic carbocycles. The van der Waals surface area contributed by atoms with E-state index in [1.165, 1.54) is 0 Å². The van der Waals surface area contributed by atoms with Crippen molar-refractivity contribution in [2.24, 2.45) is 0 Å². The van der Waals surface area contributed by atoms with Gasteiger partial charge in [0.2, 0.25) is 0 Å². The quantitative estimate of drug-likeness (QED) is 0.510. The zero-order valence-electron chi connectivity index (χ0n) is 15.5. The van der Waals surface area contributed by atoms with Crippen LogP contribution in [0.4, 0.5) is 5.82 Å². The Hall–Kier alpha value is -3.35. The van der Waals surface area contributed by atoms with Gasteiger partial charge in [0, 0.05) is 42.8 Å². The van der Waals surface area contributed by atoms with Crippen LogP contribution in [0, 0.1) is 6.92 Å². The molecule has 0 saturated carbocycles. The van der Waals surface area contributed by atoms with Crippen LogP contribution in [0.2, 0.25) is 0 Å². The lowest BCUT2D eigenvalue weighted by Crippen LogP contribution is -2.10. The number of nitrogens with zero attached hydrogens (tertiary/aromatic N) is 5. The second kappa shape index (κ2) is 7.49. The molecule has 7 nitrogen and oxygen atoms in total. The van der Waals surface area contributed by atoms with Crippen LogP contribution in [0.1, 0.15) is 12.1 Å².